The molecule has 2 N–H and O–H groups in total. The molecule has 1 heterocycles. The maximum atomic E-state index is 5.56. The van der Waals surface area contributed by atoms with Crippen LogP contribution < -0.4 is 5.73 Å². The van der Waals surface area contributed by atoms with E-state index in [-0.39, 0.29) is 0 Å². The molecule has 1 aromatic carbocycles. The number of thiazole rings is 1. The number of hydrogen-bond acceptors (Lipinski definition) is 4. The highest BCUT2D eigenvalue weighted by Crippen LogP contribution is 2.28. The normalized spacial score (nSPS) is 13.5. The van der Waals surface area contributed by atoms with Crippen LogP contribution >= 0.6 is 11.3 Å². The molecule has 3 nitrogen and oxygen atoms in total. The van der Waals surface area contributed by atoms with Crippen LogP contribution in [0.3, 0.4) is 0 Å². The van der Waals surface area contributed by atoms with Crippen molar-refractivity contribution in [1.82, 2.24) is 9.88 Å². The lowest BCUT2D eigenvalue weighted by Crippen LogP contribution is -2.28. The summed E-state index contributed by atoms with van der Waals surface area (Å²) in [5, 5.41) is 1.16. The van der Waals surface area contributed by atoms with Gasteiger partial charge in [-0.3, -0.25) is 4.90 Å². The zero-order valence-electron chi connectivity index (χ0n) is 9.68. The smallest absolute Gasteiger partial charge is 0.111 e. The van der Waals surface area contributed by atoms with Crippen molar-refractivity contribution in [3.05, 3.63) is 29.3 Å². The highest BCUT2D eigenvalue weighted by molar-refractivity contribution is 7.18. The maximum absolute atomic E-state index is 5.56. The second-order valence-corrected chi connectivity index (χ2v) is 5.03. The molecular formula is C12H17N3S. The Hall–Kier alpha value is -0.970. The largest absolute Gasteiger partial charge is 0.329 e. The lowest BCUT2D eigenvalue weighted by Gasteiger charge is -2.21. The molecule has 1 atom stereocenters. The third kappa shape index (κ3) is 2.24. The predicted octanol–water partition coefficient (Wildman–Crippen LogP) is 2.25. The van der Waals surface area contributed by atoms with Gasteiger partial charge < -0.3 is 5.73 Å². The van der Waals surface area contributed by atoms with Gasteiger partial charge in [0.2, 0.25) is 0 Å². The standard InChI is InChI=1S/C12H17N3S/c1-9(15(2)8-7-13)12-14-10-5-3-4-6-11(10)16-12/h3-6,9H,7-8,13H2,1-2H3. The van der Waals surface area contributed by atoms with Gasteiger partial charge in [0.25, 0.3) is 0 Å². The SMILES string of the molecule is CC(c1nc2ccccc2s1)N(C)CCN. The molecule has 0 aliphatic carbocycles. The number of likely N-dealkylation sites (N-methyl/N-ethyl adjacent to an activating group) is 1. The Morgan fingerprint density at radius 2 is 2.19 bits per heavy atom. The van der Waals surface area contributed by atoms with Crippen molar-refractivity contribution in [1.29, 1.82) is 0 Å². The first kappa shape index (κ1) is 11.5. The summed E-state index contributed by atoms with van der Waals surface area (Å²) >= 11 is 1.77. The van der Waals surface area contributed by atoms with Crippen LogP contribution in [0.2, 0.25) is 0 Å². The first-order valence-corrected chi connectivity index (χ1v) is 6.30. The van der Waals surface area contributed by atoms with E-state index in [1.165, 1.54) is 4.70 Å². The topological polar surface area (TPSA) is 42.2 Å². The van der Waals surface area contributed by atoms with Gasteiger partial charge in [0.15, 0.2) is 0 Å². The number of rotatable bonds is 4. The van der Waals surface area contributed by atoms with Crippen molar-refractivity contribution in [2.75, 3.05) is 20.1 Å². The number of benzene rings is 1. The van der Waals surface area contributed by atoms with E-state index < -0.39 is 0 Å². The fourth-order valence-electron chi connectivity index (χ4n) is 1.65. The molecule has 2 rings (SSSR count). The molecule has 2 aromatic rings. The van der Waals surface area contributed by atoms with Gasteiger partial charge in [0.05, 0.1) is 16.3 Å². The fourth-order valence-corrected chi connectivity index (χ4v) is 2.74. The predicted molar refractivity (Wildman–Crippen MR) is 69.7 cm³/mol. The Morgan fingerprint density at radius 3 is 2.88 bits per heavy atom. The van der Waals surface area contributed by atoms with E-state index in [0.29, 0.717) is 12.6 Å². The van der Waals surface area contributed by atoms with Crippen molar-refractivity contribution >= 4 is 21.6 Å². The number of nitrogens with two attached hydrogens (primary N) is 1. The molecule has 0 radical (unpaired) electrons. The third-order valence-corrected chi connectivity index (χ3v) is 4.02. The molecule has 0 amide bonds. The second-order valence-electron chi connectivity index (χ2n) is 3.97. The monoisotopic (exact) mass is 235 g/mol. The second kappa shape index (κ2) is 4.91. The minimum atomic E-state index is 0.334. The third-order valence-electron chi connectivity index (χ3n) is 2.81. The summed E-state index contributed by atoms with van der Waals surface area (Å²) in [6.45, 7) is 3.76. The Kier molecular flexibility index (Phi) is 3.53. The molecule has 86 valence electrons. The molecule has 4 heteroatoms. The van der Waals surface area contributed by atoms with Crippen molar-refractivity contribution in [3.8, 4) is 0 Å². The van der Waals surface area contributed by atoms with Crippen molar-refractivity contribution in [2.24, 2.45) is 5.73 Å². The summed E-state index contributed by atoms with van der Waals surface area (Å²) in [4.78, 5) is 6.89. The first-order valence-electron chi connectivity index (χ1n) is 5.48. The van der Waals surface area contributed by atoms with E-state index >= 15 is 0 Å². The average molecular weight is 235 g/mol. The maximum Gasteiger partial charge on any atom is 0.111 e. The van der Waals surface area contributed by atoms with E-state index in [0.717, 1.165) is 17.1 Å². The fraction of sp³-hybridized carbons (Fsp3) is 0.417. The van der Waals surface area contributed by atoms with Gasteiger partial charge in [0, 0.05) is 13.1 Å². The van der Waals surface area contributed by atoms with Gasteiger partial charge in [0.1, 0.15) is 5.01 Å². The number of fused-ring (bicyclic) bond motifs is 1. The van der Waals surface area contributed by atoms with Crippen LogP contribution in [0, 0.1) is 0 Å². The van der Waals surface area contributed by atoms with Crippen molar-refractivity contribution < 1.29 is 0 Å². The molecule has 0 saturated carbocycles. The summed E-state index contributed by atoms with van der Waals surface area (Å²) in [5.41, 5.74) is 6.65. The number of nitrogens with zero attached hydrogens (tertiary/aromatic N) is 2. The molecule has 1 unspecified atom stereocenters. The van der Waals surface area contributed by atoms with Crippen LogP contribution in [-0.2, 0) is 0 Å². The van der Waals surface area contributed by atoms with Gasteiger partial charge >= 0.3 is 0 Å². The Morgan fingerprint density at radius 1 is 1.44 bits per heavy atom. The van der Waals surface area contributed by atoms with Gasteiger partial charge in [-0.25, -0.2) is 4.98 Å². The summed E-state index contributed by atoms with van der Waals surface area (Å²) in [5.74, 6) is 0. The summed E-state index contributed by atoms with van der Waals surface area (Å²) in [7, 11) is 2.09. The lowest BCUT2D eigenvalue weighted by molar-refractivity contribution is 0.268. The molecule has 0 fully saturated rings. The molecular weight excluding hydrogens is 218 g/mol. The summed E-state index contributed by atoms with van der Waals surface area (Å²) in [6.07, 6.45) is 0. The summed E-state index contributed by atoms with van der Waals surface area (Å²) in [6, 6.07) is 8.59. The summed E-state index contributed by atoms with van der Waals surface area (Å²) < 4.78 is 1.26. The van der Waals surface area contributed by atoms with Gasteiger partial charge in [-0.05, 0) is 26.1 Å². The number of hydrogen-bond donors (Lipinski definition) is 1. The zero-order valence-corrected chi connectivity index (χ0v) is 10.5. The Labute approximate surface area is 99.9 Å². The molecule has 0 bridgehead atoms. The molecule has 0 spiro atoms. The van der Waals surface area contributed by atoms with Crippen molar-refractivity contribution in [2.45, 2.75) is 13.0 Å². The van der Waals surface area contributed by atoms with Crippen LogP contribution in [0.4, 0.5) is 0 Å². The van der Waals surface area contributed by atoms with E-state index in [1.807, 2.05) is 6.07 Å². The van der Waals surface area contributed by atoms with Crippen molar-refractivity contribution in [3.63, 3.8) is 0 Å². The van der Waals surface area contributed by atoms with E-state index in [1.54, 1.807) is 11.3 Å². The zero-order chi connectivity index (χ0) is 11.5. The molecule has 1 aromatic heterocycles. The van der Waals surface area contributed by atoms with Crippen LogP contribution in [0.5, 0.6) is 0 Å². The molecule has 0 aliphatic rings. The van der Waals surface area contributed by atoms with Gasteiger partial charge in [-0.15, -0.1) is 11.3 Å². The Bertz CT molecular complexity index is 433. The average Bonchev–Trinajstić information content (AvgIpc) is 2.71. The molecule has 0 saturated heterocycles. The number of aromatic nitrogens is 1. The van der Waals surface area contributed by atoms with Crippen LogP contribution in [-0.4, -0.2) is 30.0 Å². The lowest BCUT2D eigenvalue weighted by atomic mass is 10.3. The van der Waals surface area contributed by atoms with Gasteiger partial charge in [-0.1, -0.05) is 12.1 Å². The Balaban J connectivity index is 2.26. The first-order chi connectivity index (χ1) is 7.72. The van der Waals surface area contributed by atoms with Crippen LogP contribution in [0.1, 0.15) is 18.0 Å². The van der Waals surface area contributed by atoms with E-state index in [2.05, 4.69) is 42.1 Å². The highest BCUT2D eigenvalue weighted by atomic mass is 32.1. The minimum Gasteiger partial charge on any atom is -0.329 e. The minimum absolute atomic E-state index is 0.334. The van der Waals surface area contributed by atoms with E-state index in [9.17, 15) is 0 Å². The number of para-hydroxylation sites is 1. The molecule has 16 heavy (non-hydrogen) atoms. The van der Waals surface area contributed by atoms with Crippen LogP contribution in [0.15, 0.2) is 24.3 Å². The highest BCUT2D eigenvalue weighted by Gasteiger charge is 2.15. The van der Waals surface area contributed by atoms with Crippen LogP contribution in [0.25, 0.3) is 10.2 Å². The molecule has 0 aliphatic heterocycles. The van der Waals surface area contributed by atoms with Gasteiger partial charge in [-0.2, -0.15) is 0 Å². The van der Waals surface area contributed by atoms with E-state index in [4.69, 9.17) is 5.73 Å². The quantitative estimate of drug-likeness (QED) is 0.883.